The maximum atomic E-state index is 13.3. The number of hydrogen-bond donors (Lipinski definition) is 0. The molecule has 1 atom stereocenters. The summed E-state index contributed by atoms with van der Waals surface area (Å²) in [7, 11) is -3.02. The summed E-state index contributed by atoms with van der Waals surface area (Å²) in [6.07, 6.45) is -0.515. The van der Waals surface area contributed by atoms with Crippen LogP contribution >= 0.6 is 19.0 Å². The summed E-state index contributed by atoms with van der Waals surface area (Å²) in [4.78, 5) is 15.5. The molecule has 3 heterocycles. The molecule has 31 heavy (non-hydrogen) atoms. The van der Waals surface area contributed by atoms with Crippen molar-refractivity contribution in [3.63, 3.8) is 0 Å². The van der Waals surface area contributed by atoms with E-state index in [0.717, 1.165) is 41.4 Å². The molecule has 2 aromatic carbocycles. The van der Waals surface area contributed by atoms with Gasteiger partial charge >= 0.3 is 13.4 Å². The number of fused-ring (bicyclic) bond motifs is 1. The van der Waals surface area contributed by atoms with Gasteiger partial charge in [0.05, 0.1) is 26.3 Å². The second-order valence-corrected chi connectivity index (χ2v) is 11.2. The van der Waals surface area contributed by atoms with E-state index in [0.29, 0.717) is 11.3 Å². The third-order valence-corrected chi connectivity index (χ3v) is 8.97. The number of ether oxygens (including phenoxy) is 1. The van der Waals surface area contributed by atoms with Crippen molar-refractivity contribution in [2.75, 3.05) is 26.2 Å². The Bertz CT molecular complexity index is 1210. The summed E-state index contributed by atoms with van der Waals surface area (Å²) in [6.45, 7) is 6.76. The fraction of sp³-hybridized carbons (Fsp3) is 0.350. The average Bonchev–Trinajstić information content (AvgIpc) is 3.62. The molecule has 1 unspecified atom stereocenters. The van der Waals surface area contributed by atoms with E-state index in [1.165, 1.54) is 6.07 Å². The maximum Gasteiger partial charge on any atom is 0.346 e. The Kier molecular flexibility index (Phi) is 5.07. The number of hydrogen-bond acceptors (Lipinski definition) is 7. The van der Waals surface area contributed by atoms with Crippen LogP contribution in [0.1, 0.15) is 23.6 Å². The zero-order chi connectivity index (χ0) is 21.8. The first-order valence-electron chi connectivity index (χ1n) is 9.96. The van der Waals surface area contributed by atoms with Gasteiger partial charge in [-0.25, -0.2) is 14.3 Å². The highest BCUT2D eigenvalue weighted by molar-refractivity contribution is 7.54. The second-order valence-electron chi connectivity index (χ2n) is 7.59. The van der Waals surface area contributed by atoms with Gasteiger partial charge in [-0.15, -0.1) is 11.3 Å². The Labute approximate surface area is 182 Å². The van der Waals surface area contributed by atoms with Gasteiger partial charge in [0.25, 0.3) is 0 Å². The predicted molar refractivity (Wildman–Crippen MR) is 118 cm³/mol. The summed E-state index contributed by atoms with van der Waals surface area (Å²) in [6, 6.07) is 10.0. The van der Waals surface area contributed by atoms with E-state index < -0.39 is 18.7 Å². The van der Waals surface area contributed by atoms with Gasteiger partial charge in [-0.05, 0) is 43.7 Å². The van der Waals surface area contributed by atoms with Gasteiger partial charge in [-0.1, -0.05) is 0 Å². The third kappa shape index (κ3) is 4.09. The highest BCUT2D eigenvalue weighted by atomic mass is 32.1. The number of aromatic nitrogens is 1. The van der Waals surface area contributed by atoms with Gasteiger partial charge in [0.1, 0.15) is 5.75 Å². The molecule has 0 N–H and O–H groups in total. The predicted octanol–water partition coefficient (Wildman–Crippen LogP) is 5.12. The SMILES string of the molecule is Cc1nc2cc(Oc3cc(C(C)OP(=O)(N4CC4)N4CC4)ccc3[N+](=O)[O-])ccc2s1. The zero-order valence-corrected chi connectivity index (χ0v) is 18.8. The summed E-state index contributed by atoms with van der Waals surface area (Å²) >= 11 is 1.58. The van der Waals surface area contributed by atoms with Crippen LogP contribution in [-0.4, -0.2) is 45.4 Å². The van der Waals surface area contributed by atoms with Crippen LogP contribution in [0, 0.1) is 17.0 Å². The summed E-state index contributed by atoms with van der Waals surface area (Å²) < 4.78 is 29.9. The van der Waals surface area contributed by atoms with Gasteiger partial charge < -0.3 is 4.74 Å². The number of nitro groups is 1. The molecular formula is C20H21N4O5PS. The molecule has 0 amide bonds. The molecule has 0 radical (unpaired) electrons. The van der Waals surface area contributed by atoms with Crippen molar-refractivity contribution in [2.45, 2.75) is 20.0 Å². The molecule has 2 fully saturated rings. The first kappa shape index (κ1) is 20.5. The van der Waals surface area contributed by atoms with E-state index in [1.807, 2.05) is 22.3 Å². The monoisotopic (exact) mass is 460 g/mol. The van der Waals surface area contributed by atoms with Crippen LogP contribution in [0.2, 0.25) is 0 Å². The lowest BCUT2D eigenvalue weighted by molar-refractivity contribution is -0.385. The molecule has 5 rings (SSSR count). The lowest BCUT2D eigenvalue weighted by atomic mass is 10.1. The number of aryl methyl sites for hydroxylation is 1. The largest absolute Gasteiger partial charge is 0.450 e. The highest BCUT2D eigenvalue weighted by Crippen LogP contribution is 2.63. The fourth-order valence-corrected chi connectivity index (χ4v) is 6.56. The lowest BCUT2D eigenvalue weighted by Gasteiger charge is -2.24. The molecule has 3 aromatic rings. The van der Waals surface area contributed by atoms with E-state index in [4.69, 9.17) is 9.26 Å². The number of nitrogens with zero attached hydrogens (tertiary/aromatic N) is 4. The molecule has 9 nitrogen and oxygen atoms in total. The zero-order valence-electron chi connectivity index (χ0n) is 17.1. The minimum atomic E-state index is -3.02. The van der Waals surface area contributed by atoms with Gasteiger partial charge in [-0.3, -0.25) is 19.2 Å². The van der Waals surface area contributed by atoms with Gasteiger partial charge in [0, 0.05) is 38.3 Å². The summed E-state index contributed by atoms with van der Waals surface area (Å²) in [5.41, 5.74) is 1.30. The van der Waals surface area contributed by atoms with Crippen LogP contribution in [0.15, 0.2) is 36.4 Å². The van der Waals surface area contributed by atoms with Crippen molar-refractivity contribution in [3.05, 3.63) is 57.1 Å². The first-order chi connectivity index (χ1) is 14.8. The van der Waals surface area contributed by atoms with Crippen molar-refractivity contribution in [2.24, 2.45) is 0 Å². The molecule has 2 aliphatic heterocycles. The highest BCUT2D eigenvalue weighted by Gasteiger charge is 2.50. The van der Waals surface area contributed by atoms with Crippen molar-refractivity contribution in [3.8, 4) is 11.5 Å². The Hall–Kier alpha value is -2.36. The number of thiazole rings is 1. The molecule has 0 spiro atoms. The van der Waals surface area contributed by atoms with E-state index in [9.17, 15) is 14.7 Å². The number of nitro benzene ring substituents is 1. The quantitative estimate of drug-likeness (QED) is 0.198. The number of benzene rings is 2. The van der Waals surface area contributed by atoms with Crippen LogP contribution in [0.25, 0.3) is 10.2 Å². The third-order valence-electron chi connectivity index (χ3n) is 5.20. The maximum absolute atomic E-state index is 13.3. The smallest absolute Gasteiger partial charge is 0.346 e. The Morgan fingerprint density at radius 2 is 1.87 bits per heavy atom. The normalized spacial score (nSPS) is 17.6. The van der Waals surface area contributed by atoms with E-state index >= 15 is 0 Å². The van der Waals surface area contributed by atoms with Crippen LogP contribution in [0.5, 0.6) is 11.5 Å². The fourth-order valence-electron chi connectivity index (χ4n) is 3.40. The molecule has 0 bridgehead atoms. The summed E-state index contributed by atoms with van der Waals surface area (Å²) in [5.74, 6) is 0.572. The minimum Gasteiger partial charge on any atom is -0.450 e. The number of rotatable bonds is 8. The van der Waals surface area contributed by atoms with Gasteiger partial charge in [0.15, 0.2) is 0 Å². The van der Waals surface area contributed by atoms with E-state index in [1.54, 1.807) is 42.5 Å². The Balaban J connectivity index is 1.43. The molecule has 162 valence electrons. The van der Waals surface area contributed by atoms with E-state index in [2.05, 4.69) is 4.98 Å². The molecule has 11 heteroatoms. The van der Waals surface area contributed by atoms with Crippen molar-refractivity contribution in [1.82, 2.24) is 14.3 Å². The van der Waals surface area contributed by atoms with Crippen LogP contribution < -0.4 is 4.74 Å². The molecule has 0 aliphatic carbocycles. The van der Waals surface area contributed by atoms with Crippen molar-refractivity contribution < 1.29 is 18.7 Å². The second kappa shape index (κ2) is 7.65. The van der Waals surface area contributed by atoms with Crippen molar-refractivity contribution in [1.29, 1.82) is 0 Å². The summed E-state index contributed by atoms with van der Waals surface area (Å²) in [5, 5.41) is 12.5. The van der Waals surface area contributed by atoms with Crippen LogP contribution in [0.4, 0.5) is 5.69 Å². The Morgan fingerprint density at radius 3 is 2.52 bits per heavy atom. The first-order valence-corrected chi connectivity index (χ1v) is 12.3. The van der Waals surface area contributed by atoms with Crippen LogP contribution in [-0.2, 0) is 9.09 Å². The molecule has 1 aromatic heterocycles. The molecule has 2 saturated heterocycles. The molecule has 0 saturated carbocycles. The minimum absolute atomic E-state index is 0.109. The van der Waals surface area contributed by atoms with Gasteiger partial charge in [0.2, 0.25) is 5.75 Å². The lowest BCUT2D eigenvalue weighted by Crippen LogP contribution is -2.10. The molecule has 2 aliphatic rings. The Morgan fingerprint density at radius 1 is 1.16 bits per heavy atom. The molecular weight excluding hydrogens is 439 g/mol. The van der Waals surface area contributed by atoms with Crippen molar-refractivity contribution >= 4 is 34.9 Å². The average molecular weight is 460 g/mol. The van der Waals surface area contributed by atoms with E-state index in [-0.39, 0.29) is 11.4 Å². The topological polar surface area (TPSA) is 97.6 Å². The van der Waals surface area contributed by atoms with Gasteiger partial charge in [-0.2, -0.15) is 0 Å². The standard InChI is InChI=1S/C20H21N4O5PS/c1-13(29-30(27,22-7-8-22)23-9-10-23)15-3-5-18(24(25)26)19(11-15)28-16-4-6-20-17(12-16)21-14(2)31-20/h3-6,11-13H,7-10H2,1-2H3. The van der Waals surface area contributed by atoms with Crippen LogP contribution in [0.3, 0.4) is 0 Å².